The third-order valence-electron chi connectivity index (χ3n) is 0.637. The minimum atomic E-state index is -4.91. The maximum absolute atomic E-state index is 11.0. The number of phosphoric acid groups is 2. The Hall–Kier alpha value is 2.12. The third-order valence-corrected chi connectivity index (χ3v) is 3.44. The molecule has 0 amide bonds. The van der Waals surface area contributed by atoms with E-state index in [0.29, 0.717) is 0 Å². The topological polar surface area (TPSA) is 102 Å². The molecule has 0 aliphatic carbocycles. The van der Waals surface area contributed by atoms with Crippen molar-refractivity contribution in [3.63, 3.8) is 0 Å². The molecule has 0 aliphatic heterocycles. The fourth-order valence-electron chi connectivity index (χ4n) is 0.300. The van der Waals surface area contributed by atoms with Gasteiger partial charge in [0.05, 0.1) is 0 Å². The molecule has 13 heavy (non-hydrogen) atoms. The summed E-state index contributed by atoms with van der Waals surface area (Å²) in [6, 6.07) is -0.564. The van der Waals surface area contributed by atoms with Crippen molar-refractivity contribution in [3.8, 4) is 0 Å². The second-order valence-corrected chi connectivity index (χ2v) is 4.81. The Kier molecular flexibility index (Phi) is 9.97. The first-order valence-electron chi connectivity index (χ1n) is 2.46. The van der Waals surface area contributed by atoms with Crippen molar-refractivity contribution in [2.45, 2.75) is 0 Å². The van der Waals surface area contributed by atoms with Crippen LogP contribution in [0.15, 0.2) is 0 Å². The van der Waals surface area contributed by atoms with Gasteiger partial charge in [-0.2, -0.15) is 4.31 Å². The number of phosphoric ester groups is 1. The third kappa shape index (κ3) is 9.07. The normalized spacial score (nSPS) is 16.0. The zero-order chi connectivity index (χ0) is 9.83. The second-order valence-electron chi connectivity index (χ2n) is 1.44. The number of hydrogen-bond donors (Lipinski definition) is 2. The van der Waals surface area contributed by atoms with Gasteiger partial charge in [-0.1, -0.05) is 11.6 Å². The molecule has 0 saturated heterocycles. The summed E-state index contributed by atoms with van der Waals surface area (Å²) in [6.07, 6.45) is 0. The molecule has 0 rings (SSSR count). The van der Waals surface area contributed by atoms with Crippen molar-refractivity contribution >= 4 is 76.1 Å². The van der Waals surface area contributed by atoms with Crippen LogP contribution in [0.25, 0.3) is 0 Å². The van der Waals surface area contributed by atoms with Crippen LogP contribution in [0.1, 0.15) is 0 Å². The van der Waals surface area contributed by atoms with Gasteiger partial charge < -0.3 is 9.79 Å². The molecule has 78 valence electrons. The van der Waals surface area contributed by atoms with Crippen molar-refractivity contribution in [2.75, 3.05) is 13.2 Å². The van der Waals surface area contributed by atoms with E-state index in [0.717, 1.165) is 7.11 Å². The van der Waals surface area contributed by atoms with Crippen molar-refractivity contribution in [1.82, 2.24) is 0 Å². The van der Waals surface area contributed by atoms with Crippen LogP contribution in [0.3, 0.4) is 0 Å². The van der Waals surface area contributed by atoms with Crippen molar-refractivity contribution in [1.29, 1.82) is 0 Å². The first-order valence-corrected chi connectivity index (χ1v) is 5.99. The van der Waals surface area contributed by atoms with Crippen LogP contribution in [0.2, 0.25) is 0 Å². The Morgan fingerprint density at radius 3 is 2.08 bits per heavy atom. The van der Waals surface area contributed by atoms with Gasteiger partial charge in [0.1, 0.15) is 6.07 Å². The fraction of sp³-hybridized carbons (Fsp3) is 1.00. The summed E-state index contributed by atoms with van der Waals surface area (Å²) in [5.74, 6) is 0. The van der Waals surface area contributed by atoms with Gasteiger partial charge in [0, 0.05) is 7.11 Å². The Morgan fingerprint density at radius 2 is 1.85 bits per heavy atom. The van der Waals surface area contributed by atoms with Crippen LogP contribution in [-0.4, -0.2) is 71.8 Å². The van der Waals surface area contributed by atoms with Crippen LogP contribution >= 0.6 is 27.2 Å². The average Bonchev–Trinajstić information content (AvgIpc) is 1.84. The first kappa shape index (κ1) is 17.5. The molecular formula is C2H9BaClO7P2. The molecular weight excluding hydrogens is 371 g/mol. The van der Waals surface area contributed by atoms with Gasteiger partial charge >= 0.3 is 64.5 Å². The molecule has 0 aromatic carbocycles. The van der Waals surface area contributed by atoms with E-state index < -0.39 is 21.7 Å². The summed E-state index contributed by atoms with van der Waals surface area (Å²) in [6.45, 7) is 0. The predicted octanol–water partition coefficient (Wildman–Crippen LogP) is 0.147. The molecule has 0 radical (unpaired) electrons. The van der Waals surface area contributed by atoms with Crippen molar-refractivity contribution < 1.29 is 32.3 Å². The summed E-state index contributed by atoms with van der Waals surface area (Å²) in [5.41, 5.74) is 0. The molecule has 11 heteroatoms. The van der Waals surface area contributed by atoms with Crippen LogP contribution in [-0.2, 0) is 22.5 Å². The molecule has 0 bridgehead atoms. The van der Waals surface area contributed by atoms with Crippen LogP contribution < -0.4 is 0 Å². The molecule has 0 heterocycles. The minimum absolute atomic E-state index is 0. The van der Waals surface area contributed by atoms with E-state index in [9.17, 15) is 9.13 Å². The van der Waals surface area contributed by atoms with Gasteiger partial charge in [0.25, 0.3) is 0 Å². The summed E-state index contributed by atoms with van der Waals surface area (Å²) in [7, 11) is -8.22. The Morgan fingerprint density at radius 1 is 1.38 bits per heavy atom. The van der Waals surface area contributed by atoms with E-state index >= 15 is 0 Å². The maximum atomic E-state index is 11.0. The number of hydrogen-bond acceptors (Lipinski definition) is 5. The standard InChI is InChI=1S/C2H7ClO7P2.Ba.2H/c1-8-12(7,9-2-3)10-11(4,5)6;;;/h2H2,1H3,(H2,4,5,6);;;. The van der Waals surface area contributed by atoms with Crippen molar-refractivity contribution in [2.24, 2.45) is 0 Å². The van der Waals surface area contributed by atoms with Crippen LogP contribution in [0, 0.1) is 0 Å². The molecule has 1 atom stereocenters. The predicted molar refractivity (Wildman–Crippen MR) is 48.1 cm³/mol. The van der Waals surface area contributed by atoms with Gasteiger partial charge in [-0.15, -0.1) is 0 Å². The SMILES string of the molecule is COP(=O)(OCCl)OP(=O)(O)O.[BaH2]. The van der Waals surface area contributed by atoms with Gasteiger partial charge in [-0.05, 0) is 0 Å². The molecule has 0 saturated carbocycles. The van der Waals surface area contributed by atoms with Crippen LogP contribution in [0.5, 0.6) is 0 Å². The molecule has 0 spiro atoms. The zero-order valence-corrected chi connectivity index (χ0v) is 8.46. The first-order chi connectivity index (χ1) is 5.33. The Labute approximate surface area is 120 Å². The number of halogens is 1. The summed E-state index contributed by atoms with van der Waals surface area (Å²) in [4.78, 5) is 16.4. The van der Waals surface area contributed by atoms with E-state index in [2.05, 4.69) is 13.4 Å². The molecule has 0 aromatic rings. The van der Waals surface area contributed by atoms with Gasteiger partial charge in [-0.3, -0.25) is 9.05 Å². The quantitative estimate of drug-likeness (QED) is 0.398. The monoisotopic (exact) mass is 380 g/mol. The molecule has 0 aromatic heterocycles. The zero-order valence-electron chi connectivity index (χ0n) is 5.92. The van der Waals surface area contributed by atoms with E-state index in [-0.39, 0.29) is 48.9 Å². The van der Waals surface area contributed by atoms with E-state index in [4.69, 9.17) is 21.4 Å². The van der Waals surface area contributed by atoms with Crippen LogP contribution in [0.4, 0.5) is 0 Å². The Bertz CT molecular complexity index is 227. The summed E-state index contributed by atoms with van der Waals surface area (Å²) >= 11 is 4.99. The van der Waals surface area contributed by atoms with Gasteiger partial charge in [0.15, 0.2) is 0 Å². The second kappa shape index (κ2) is 7.40. The van der Waals surface area contributed by atoms with Gasteiger partial charge in [-0.25, -0.2) is 9.13 Å². The molecule has 1 unspecified atom stereocenters. The van der Waals surface area contributed by atoms with E-state index in [1.165, 1.54) is 0 Å². The number of alkyl halides is 1. The van der Waals surface area contributed by atoms with E-state index in [1.54, 1.807) is 0 Å². The van der Waals surface area contributed by atoms with E-state index in [1.807, 2.05) is 0 Å². The summed E-state index contributed by atoms with van der Waals surface area (Å²) < 4.78 is 33.1. The molecule has 2 N–H and O–H groups in total. The average molecular weight is 380 g/mol. The summed E-state index contributed by atoms with van der Waals surface area (Å²) in [5, 5.41) is 0. The number of rotatable bonds is 5. The van der Waals surface area contributed by atoms with Crippen molar-refractivity contribution in [3.05, 3.63) is 0 Å². The molecule has 0 aliphatic rings. The molecule has 0 fully saturated rings. The molecule has 7 nitrogen and oxygen atoms in total. The Balaban J connectivity index is 0. The van der Waals surface area contributed by atoms with Gasteiger partial charge in [0.2, 0.25) is 0 Å². The fourth-order valence-corrected chi connectivity index (χ4v) is 2.38.